The molecule has 0 saturated heterocycles. The van der Waals surface area contributed by atoms with E-state index in [4.69, 9.17) is 0 Å². The van der Waals surface area contributed by atoms with Crippen LogP contribution in [-0.4, -0.2) is 0 Å². The van der Waals surface area contributed by atoms with Crippen molar-refractivity contribution in [1.29, 1.82) is 0 Å². The highest BCUT2D eigenvalue weighted by atomic mass is 15.1. The molecular formula is C36H29N. The Labute approximate surface area is 219 Å². The zero-order valence-electron chi connectivity index (χ0n) is 20.8. The lowest BCUT2D eigenvalue weighted by Crippen LogP contribution is -2.18. The minimum absolute atomic E-state index is 0.988. The van der Waals surface area contributed by atoms with Crippen molar-refractivity contribution in [2.24, 2.45) is 0 Å². The van der Waals surface area contributed by atoms with Gasteiger partial charge in [-0.15, -0.1) is 0 Å². The number of benzene rings is 5. The molecule has 1 aliphatic carbocycles. The zero-order valence-corrected chi connectivity index (χ0v) is 20.8. The molecule has 0 fully saturated rings. The minimum Gasteiger partial charge on any atom is -0.314 e. The van der Waals surface area contributed by atoms with E-state index in [1.54, 1.807) is 0 Å². The molecule has 6 rings (SSSR count). The van der Waals surface area contributed by atoms with Crippen LogP contribution in [0.15, 0.2) is 157 Å². The Kier molecular flexibility index (Phi) is 6.51. The number of hydrogen-bond donors (Lipinski definition) is 0. The van der Waals surface area contributed by atoms with Crippen molar-refractivity contribution in [2.45, 2.75) is 12.8 Å². The summed E-state index contributed by atoms with van der Waals surface area (Å²) in [5.74, 6) is 0. The van der Waals surface area contributed by atoms with E-state index in [-0.39, 0.29) is 0 Å². The van der Waals surface area contributed by atoms with Gasteiger partial charge in [0, 0.05) is 17.1 Å². The van der Waals surface area contributed by atoms with Gasteiger partial charge in [0.15, 0.2) is 0 Å². The largest absolute Gasteiger partial charge is 0.314 e. The van der Waals surface area contributed by atoms with Crippen molar-refractivity contribution < 1.29 is 0 Å². The SMILES string of the molecule is C1=C(c2ccccc2)C=C(N(c2cccc(-c3ccccc3)c2)c2cccc(-c3ccccc3)c2)CC1. The third-order valence-corrected chi connectivity index (χ3v) is 6.90. The maximum absolute atomic E-state index is 2.44. The van der Waals surface area contributed by atoms with Crippen molar-refractivity contribution in [3.63, 3.8) is 0 Å². The maximum Gasteiger partial charge on any atom is 0.0464 e. The summed E-state index contributed by atoms with van der Waals surface area (Å²) in [6.45, 7) is 0. The lowest BCUT2D eigenvalue weighted by atomic mass is 9.96. The fourth-order valence-electron chi connectivity index (χ4n) is 5.09. The topological polar surface area (TPSA) is 3.24 Å². The van der Waals surface area contributed by atoms with Crippen LogP contribution >= 0.6 is 0 Å². The summed E-state index contributed by atoms with van der Waals surface area (Å²) >= 11 is 0. The van der Waals surface area contributed by atoms with Crippen LogP contribution in [0.4, 0.5) is 11.4 Å². The molecule has 0 atom stereocenters. The van der Waals surface area contributed by atoms with Crippen LogP contribution in [0, 0.1) is 0 Å². The van der Waals surface area contributed by atoms with E-state index < -0.39 is 0 Å². The van der Waals surface area contributed by atoms with Gasteiger partial charge in [-0.3, -0.25) is 0 Å². The summed E-state index contributed by atoms with van der Waals surface area (Å²) in [4.78, 5) is 2.44. The molecule has 0 amide bonds. The summed E-state index contributed by atoms with van der Waals surface area (Å²) < 4.78 is 0. The number of allylic oxidation sites excluding steroid dienone is 4. The van der Waals surface area contributed by atoms with Gasteiger partial charge in [-0.05, 0) is 76.6 Å². The average Bonchev–Trinajstić information content (AvgIpc) is 2.99. The number of nitrogens with zero attached hydrogens (tertiary/aromatic N) is 1. The first-order chi connectivity index (χ1) is 18.3. The van der Waals surface area contributed by atoms with Crippen molar-refractivity contribution >= 4 is 16.9 Å². The molecule has 5 aromatic rings. The lowest BCUT2D eigenvalue weighted by molar-refractivity contribution is 0.921. The second-order valence-corrected chi connectivity index (χ2v) is 9.37. The van der Waals surface area contributed by atoms with Gasteiger partial charge in [-0.2, -0.15) is 0 Å². The molecule has 1 nitrogen and oxygen atoms in total. The van der Waals surface area contributed by atoms with Crippen LogP contribution in [0.25, 0.3) is 27.8 Å². The average molecular weight is 476 g/mol. The van der Waals surface area contributed by atoms with Crippen LogP contribution < -0.4 is 4.90 Å². The van der Waals surface area contributed by atoms with Gasteiger partial charge in [-0.25, -0.2) is 0 Å². The molecular weight excluding hydrogens is 446 g/mol. The predicted molar refractivity (Wildman–Crippen MR) is 158 cm³/mol. The maximum atomic E-state index is 2.44. The van der Waals surface area contributed by atoms with Gasteiger partial charge < -0.3 is 4.90 Å². The van der Waals surface area contributed by atoms with Gasteiger partial charge >= 0.3 is 0 Å². The van der Waals surface area contributed by atoms with Gasteiger partial charge in [0.1, 0.15) is 0 Å². The molecule has 37 heavy (non-hydrogen) atoms. The summed E-state index contributed by atoms with van der Waals surface area (Å²) in [5, 5.41) is 0. The summed E-state index contributed by atoms with van der Waals surface area (Å²) in [6, 6.07) is 49.7. The molecule has 0 aromatic heterocycles. The van der Waals surface area contributed by atoms with Gasteiger partial charge in [0.05, 0.1) is 0 Å². The molecule has 0 unspecified atom stereocenters. The fraction of sp³-hybridized carbons (Fsp3) is 0.0556. The molecule has 0 radical (unpaired) electrons. The highest BCUT2D eigenvalue weighted by Crippen LogP contribution is 2.38. The molecule has 0 spiro atoms. The van der Waals surface area contributed by atoms with E-state index in [1.165, 1.54) is 50.5 Å². The Morgan fingerprint density at radius 3 is 1.41 bits per heavy atom. The van der Waals surface area contributed by atoms with Crippen LogP contribution in [0.5, 0.6) is 0 Å². The molecule has 0 aliphatic heterocycles. The predicted octanol–water partition coefficient (Wildman–Crippen LogP) is 9.92. The first-order valence-corrected chi connectivity index (χ1v) is 12.9. The molecule has 1 aliphatic rings. The summed E-state index contributed by atoms with van der Waals surface area (Å²) in [7, 11) is 0. The second-order valence-electron chi connectivity index (χ2n) is 9.37. The Morgan fingerprint density at radius 1 is 0.432 bits per heavy atom. The van der Waals surface area contributed by atoms with E-state index in [1.807, 2.05) is 0 Å². The van der Waals surface area contributed by atoms with Crippen molar-refractivity contribution in [1.82, 2.24) is 0 Å². The Hall–Kier alpha value is -4.62. The van der Waals surface area contributed by atoms with Crippen molar-refractivity contribution in [3.05, 3.63) is 163 Å². The second kappa shape index (κ2) is 10.6. The molecule has 0 N–H and O–H groups in total. The van der Waals surface area contributed by atoms with Crippen molar-refractivity contribution in [3.8, 4) is 22.3 Å². The third-order valence-electron chi connectivity index (χ3n) is 6.90. The fourth-order valence-corrected chi connectivity index (χ4v) is 5.09. The Morgan fingerprint density at radius 2 is 0.892 bits per heavy atom. The Bertz CT molecular complexity index is 1460. The van der Waals surface area contributed by atoms with Crippen LogP contribution in [0.2, 0.25) is 0 Å². The van der Waals surface area contributed by atoms with E-state index in [0.29, 0.717) is 0 Å². The zero-order chi connectivity index (χ0) is 24.9. The minimum atomic E-state index is 0.988. The monoisotopic (exact) mass is 475 g/mol. The highest BCUT2D eigenvalue weighted by Gasteiger charge is 2.19. The molecule has 0 heterocycles. The quantitative estimate of drug-likeness (QED) is 0.236. The third kappa shape index (κ3) is 5.03. The summed E-state index contributed by atoms with van der Waals surface area (Å²) in [5.41, 5.74) is 11.1. The number of hydrogen-bond acceptors (Lipinski definition) is 1. The molecule has 1 heteroatoms. The number of anilines is 2. The first kappa shape index (κ1) is 22.8. The molecule has 0 bridgehead atoms. The standard InChI is InChI=1S/C36H29N/c1-4-13-28(14-5-1)31-19-10-22-34(25-31)37(35-23-11-20-32(26-35)29-15-6-2-7-16-29)36-24-12-21-33(27-36)30-17-8-3-9-18-30/h1-11,13-23,25-27H,12,24H2. The van der Waals surface area contributed by atoms with E-state index >= 15 is 0 Å². The molecule has 178 valence electrons. The number of rotatable bonds is 6. The van der Waals surface area contributed by atoms with Gasteiger partial charge in [-0.1, -0.05) is 121 Å². The normalized spacial score (nSPS) is 13.0. The van der Waals surface area contributed by atoms with E-state index in [2.05, 4.69) is 157 Å². The van der Waals surface area contributed by atoms with Crippen LogP contribution in [0.3, 0.4) is 0 Å². The van der Waals surface area contributed by atoms with E-state index in [0.717, 1.165) is 12.8 Å². The molecule has 5 aromatic carbocycles. The highest BCUT2D eigenvalue weighted by molar-refractivity contribution is 5.82. The summed E-state index contributed by atoms with van der Waals surface area (Å²) in [6.07, 6.45) is 6.73. The smallest absolute Gasteiger partial charge is 0.0464 e. The lowest BCUT2D eigenvalue weighted by Gasteiger charge is -2.30. The Balaban J connectivity index is 1.48. The van der Waals surface area contributed by atoms with Gasteiger partial charge in [0.25, 0.3) is 0 Å². The van der Waals surface area contributed by atoms with Gasteiger partial charge in [0.2, 0.25) is 0 Å². The van der Waals surface area contributed by atoms with Crippen molar-refractivity contribution in [2.75, 3.05) is 4.90 Å². The molecule has 0 saturated carbocycles. The van der Waals surface area contributed by atoms with E-state index in [9.17, 15) is 0 Å². The van der Waals surface area contributed by atoms with Crippen LogP contribution in [0.1, 0.15) is 18.4 Å². The first-order valence-electron chi connectivity index (χ1n) is 12.9. The van der Waals surface area contributed by atoms with Crippen LogP contribution in [-0.2, 0) is 0 Å².